The van der Waals surface area contributed by atoms with Crippen LogP contribution in [0.2, 0.25) is 0 Å². The lowest BCUT2D eigenvalue weighted by Gasteiger charge is -2.18. The van der Waals surface area contributed by atoms with Crippen molar-refractivity contribution in [1.29, 1.82) is 0 Å². The molecule has 1 rings (SSSR count). The van der Waals surface area contributed by atoms with E-state index in [1.165, 1.54) is 0 Å². The Labute approximate surface area is 89.6 Å². The third-order valence-electron chi connectivity index (χ3n) is 1.81. The quantitative estimate of drug-likeness (QED) is 0.460. The van der Waals surface area contributed by atoms with Crippen molar-refractivity contribution < 1.29 is 9.53 Å². The maximum Gasteiger partial charge on any atom is 0.429 e. The zero-order chi connectivity index (χ0) is 11.4. The average Bonchev–Trinajstić information content (AvgIpc) is 2.15. The van der Waals surface area contributed by atoms with Crippen molar-refractivity contribution in [1.82, 2.24) is 0 Å². The van der Waals surface area contributed by atoms with Crippen LogP contribution in [0, 0.1) is 6.92 Å². The van der Waals surface area contributed by atoms with Gasteiger partial charge in [0.1, 0.15) is 0 Å². The minimum atomic E-state index is -0.546. The van der Waals surface area contributed by atoms with Crippen LogP contribution in [0.25, 0.3) is 0 Å². The Morgan fingerprint density at radius 1 is 1.47 bits per heavy atom. The fourth-order valence-electron chi connectivity index (χ4n) is 1.14. The summed E-state index contributed by atoms with van der Waals surface area (Å²) >= 11 is 0. The molecule has 1 amide bonds. The van der Waals surface area contributed by atoms with E-state index in [1.807, 2.05) is 25.1 Å². The fraction of sp³-hybridized carbons (Fsp3) is 0.364. The third-order valence-corrected chi connectivity index (χ3v) is 1.81. The normalized spacial score (nSPS) is 10.2. The molecular formula is C11H16N2O2. The lowest BCUT2D eigenvalue weighted by molar-refractivity contribution is 0.122. The molecule has 0 aliphatic rings. The number of carbonyl (C=O) groups excluding carboxylic acids is 1. The van der Waals surface area contributed by atoms with E-state index < -0.39 is 6.09 Å². The number of rotatable bonds is 2. The van der Waals surface area contributed by atoms with Crippen LogP contribution in [0.4, 0.5) is 10.5 Å². The zero-order valence-corrected chi connectivity index (χ0v) is 9.23. The first-order valence-electron chi connectivity index (χ1n) is 4.83. The van der Waals surface area contributed by atoms with Gasteiger partial charge in [0.05, 0.1) is 11.8 Å². The summed E-state index contributed by atoms with van der Waals surface area (Å²) < 4.78 is 4.97. The summed E-state index contributed by atoms with van der Waals surface area (Å²) in [7, 11) is 0. The number of carbonyl (C=O) groups is 1. The van der Waals surface area contributed by atoms with Crippen molar-refractivity contribution >= 4 is 11.8 Å². The van der Waals surface area contributed by atoms with Crippen LogP contribution in [0.3, 0.4) is 0 Å². The largest absolute Gasteiger partial charge is 0.445 e. The van der Waals surface area contributed by atoms with Crippen molar-refractivity contribution in [2.24, 2.45) is 5.84 Å². The molecule has 4 nitrogen and oxygen atoms in total. The van der Waals surface area contributed by atoms with Crippen LogP contribution in [0.1, 0.15) is 19.4 Å². The first-order chi connectivity index (χ1) is 7.00. The average molecular weight is 208 g/mol. The van der Waals surface area contributed by atoms with E-state index in [-0.39, 0.29) is 6.10 Å². The molecule has 0 heterocycles. The first-order valence-corrected chi connectivity index (χ1v) is 4.83. The lowest BCUT2D eigenvalue weighted by atomic mass is 10.2. The molecule has 0 spiro atoms. The predicted octanol–water partition coefficient (Wildman–Crippen LogP) is 2.22. The van der Waals surface area contributed by atoms with Gasteiger partial charge in [-0.2, -0.15) is 0 Å². The van der Waals surface area contributed by atoms with Crippen molar-refractivity contribution in [3.05, 3.63) is 29.8 Å². The van der Waals surface area contributed by atoms with Crippen LogP contribution >= 0.6 is 0 Å². The third kappa shape index (κ3) is 3.25. The molecule has 15 heavy (non-hydrogen) atoms. The molecule has 1 aromatic rings. The highest BCUT2D eigenvalue weighted by molar-refractivity contribution is 5.86. The van der Waals surface area contributed by atoms with Gasteiger partial charge in [-0.05, 0) is 38.5 Å². The van der Waals surface area contributed by atoms with Gasteiger partial charge in [0.25, 0.3) is 0 Å². The van der Waals surface area contributed by atoms with Gasteiger partial charge in [0, 0.05) is 0 Å². The maximum atomic E-state index is 11.4. The maximum absolute atomic E-state index is 11.4. The molecular weight excluding hydrogens is 192 g/mol. The number of nitrogens with two attached hydrogens (primary N) is 1. The van der Waals surface area contributed by atoms with Crippen LogP contribution in [0.5, 0.6) is 0 Å². The first kappa shape index (κ1) is 11.5. The number of hydrazine groups is 1. The monoisotopic (exact) mass is 208 g/mol. The van der Waals surface area contributed by atoms with E-state index in [9.17, 15) is 4.79 Å². The Morgan fingerprint density at radius 2 is 2.13 bits per heavy atom. The van der Waals surface area contributed by atoms with Gasteiger partial charge >= 0.3 is 6.09 Å². The minimum absolute atomic E-state index is 0.173. The standard InChI is InChI=1S/C11H16N2O2/c1-8(2)15-11(14)13(12)10-6-4-5-9(3)7-10/h4-8H,12H2,1-3H3. The molecule has 0 fully saturated rings. The van der Waals surface area contributed by atoms with Crippen molar-refractivity contribution in [3.63, 3.8) is 0 Å². The van der Waals surface area contributed by atoms with Gasteiger partial charge in [-0.15, -0.1) is 0 Å². The highest BCUT2D eigenvalue weighted by Gasteiger charge is 2.14. The number of hydrogen-bond acceptors (Lipinski definition) is 3. The summed E-state index contributed by atoms with van der Waals surface area (Å²) in [5.41, 5.74) is 1.67. The summed E-state index contributed by atoms with van der Waals surface area (Å²) in [5.74, 6) is 5.61. The van der Waals surface area contributed by atoms with E-state index in [1.54, 1.807) is 19.9 Å². The Kier molecular flexibility index (Phi) is 3.68. The van der Waals surface area contributed by atoms with Gasteiger partial charge in [0.15, 0.2) is 0 Å². The van der Waals surface area contributed by atoms with Crippen LogP contribution in [-0.4, -0.2) is 12.2 Å². The summed E-state index contributed by atoms with van der Waals surface area (Å²) in [6.45, 7) is 5.50. The number of ether oxygens (including phenoxy) is 1. The summed E-state index contributed by atoms with van der Waals surface area (Å²) in [6, 6.07) is 7.36. The predicted molar refractivity (Wildman–Crippen MR) is 59.5 cm³/mol. The molecule has 0 atom stereocenters. The summed E-state index contributed by atoms with van der Waals surface area (Å²) in [4.78, 5) is 11.4. The Bertz CT molecular complexity index is 350. The molecule has 1 aromatic carbocycles. The highest BCUT2D eigenvalue weighted by atomic mass is 16.6. The van der Waals surface area contributed by atoms with Gasteiger partial charge < -0.3 is 4.74 Å². The summed E-state index contributed by atoms with van der Waals surface area (Å²) in [5, 5.41) is 1.01. The number of anilines is 1. The van der Waals surface area contributed by atoms with E-state index in [2.05, 4.69) is 0 Å². The second-order valence-electron chi connectivity index (χ2n) is 3.64. The Balaban J connectivity index is 2.76. The second kappa shape index (κ2) is 4.79. The molecule has 0 aliphatic carbocycles. The molecule has 0 saturated carbocycles. The molecule has 0 saturated heterocycles. The molecule has 0 bridgehead atoms. The zero-order valence-electron chi connectivity index (χ0n) is 9.23. The SMILES string of the molecule is Cc1cccc(N(N)C(=O)OC(C)C)c1. The van der Waals surface area contributed by atoms with Gasteiger partial charge in [-0.25, -0.2) is 15.6 Å². The van der Waals surface area contributed by atoms with E-state index in [0.717, 1.165) is 10.6 Å². The van der Waals surface area contributed by atoms with Gasteiger partial charge in [-0.1, -0.05) is 12.1 Å². The smallest absolute Gasteiger partial charge is 0.429 e. The molecule has 0 unspecified atom stereocenters. The van der Waals surface area contributed by atoms with E-state index in [0.29, 0.717) is 5.69 Å². The molecule has 4 heteroatoms. The summed E-state index contributed by atoms with van der Waals surface area (Å²) in [6.07, 6.45) is -0.719. The fourth-order valence-corrected chi connectivity index (χ4v) is 1.14. The number of hydrogen-bond donors (Lipinski definition) is 1. The van der Waals surface area contributed by atoms with Crippen molar-refractivity contribution in [2.45, 2.75) is 26.9 Å². The lowest BCUT2D eigenvalue weighted by Crippen LogP contribution is -2.39. The molecule has 0 aromatic heterocycles. The second-order valence-corrected chi connectivity index (χ2v) is 3.64. The highest BCUT2D eigenvalue weighted by Crippen LogP contribution is 2.13. The van der Waals surface area contributed by atoms with Crippen molar-refractivity contribution in [2.75, 3.05) is 5.01 Å². The minimum Gasteiger partial charge on any atom is -0.445 e. The van der Waals surface area contributed by atoms with Crippen LogP contribution in [0.15, 0.2) is 24.3 Å². The Morgan fingerprint density at radius 3 is 2.67 bits per heavy atom. The van der Waals surface area contributed by atoms with Crippen molar-refractivity contribution in [3.8, 4) is 0 Å². The number of aryl methyl sites for hydroxylation is 1. The number of nitrogens with zero attached hydrogens (tertiary/aromatic N) is 1. The van der Waals surface area contributed by atoms with Gasteiger partial charge in [-0.3, -0.25) is 0 Å². The van der Waals surface area contributed by atoms with E-state index >= 15 is 0 Å². The number of amides is 1. The molecule has 2 N–H and O–H groups in total. The molecule has 0 radical (unpaired) electrons. The van der Waals surface area contributed by atoms with E-state index in [4.69, 9.17) is 10.6 Å². The van der Waals surface area contributed by atoms with Crippen LogP contribution in [-0.2, 0) is 4.74 Å². The molecule has 82 valence electrons. The molecule has 0 aliphatic heterocycles. The van der Waals surface area contributed by atoms with Gasteiger partial charge in [0.2, 0.25) is 0 Å². The van der Waals surface area contributed by atoms with Crippen LogP contribution < -0.4 is 10.9 Å². The number of benzene rings is 1. The topological polar surface area (TPSA) is 55.6 Å². The Hall–Kier alpha value is -1.55.